The monoisotopic (exact) mass is 590 g/mol. The number of likely N-dealkylation sites (tertiary alicyclic amines) is 1. The molecule has 1 saturated heterocycles. The molecule has 9 nitrogen and oxygen atoms in total. The van der Waals surface area contributed by atoms with Crippen LogP contribution in [0.1, 0.15) is 40.5 Å². The van der Waals surface area contributed by atoms with E-state index in [1.54, 1.807) is 12.3 Å². The molecule has 1 aliphatic carbocycles. The van der Waals surface area contributed by atoms with Crippen molar-refractivity contribution in [2.75, 3.05) is 33.4 Å². The van der Waals surface area contributed by atoms with Crippen molar-refractivity contribution in [2.24, 2.45) is 5.41 Å². The second-order valence-corrected chi connectivity index (χ2v) is 11.7. The zero-order chi connectivity index (χ0) is 29.8. The van der Waals surface area contributed by atoms with Crippen molar-refractivity contribution in [1.29, 1.82) is 0 Å². The van der Waals surface area contributed by atoms with Crippen molar-refractivity contribution in [3.8, 4) is 22.4 Å². The van der Waals surface area contributed by atoms with E-state index in [1.165, 1.54) is 25.3 Å². The average Bonchev–Trinajstić information content (AvgIpc) is 3.52. The largest absolute Gasteiger partial charge is 0.383 e. The van der Waals surface area contributed by atoms with Gasteiger partial charge in [-0.1, -0.05) is 24.2 Å². The van der Waals surface area contributed by atoms with E-state index < -0.39 is 11.7 Å². The number of aromatic nitrogens is 4. The molecule has 11 heteroatoms. The van der Waals surface area contributed by atoms with E-state index in [4.69, 9.17) is 21.4 Å². The number of aromatic amines is 1. The van der Waals surface area contributed by atoms with Gasteiger partial charge in [-0.05, 0) is 56.5 Å². The second kappa shape index (κ2) is 10.7. The standard InChI is InChI=1S/C31H32ClFN6O3/c1-5-25(40)38-15-31(16-38)12-20(13-31)39-18(3)26(27-22-14-35-36-24(22)10-17(2)28(27)32)29(37-39)19-6-7-21(23(33)11-19)30(41)34-8-9-42-4/h5-7,10-11,14,20H,1,8-9,12-13,15-16H2,2-4H3,(H,34,41)(H,35,36). The number of nitrogens with one attached hydrogen (secondary N) is 2. The summed E-state index contributed by atoms with van der Waals surface area (Å²) in [7, 11) is 1.53. The molecule has 1 aliphatic heterocycles. The Labute approximate surface area is 247 Å². The van der Waals surface area contributed by atoms with Crippen LogP contribution in [0.4, 0.5) is 4.39 Å². The fourth-order valence-electron chi connectivity index (χ4n) is 6.45. The fourth-order valence-corrected chi connectivity index (χ4v) is 6.70. The molecule has 2 N–H and O–H groups in total. The quantitative estimate of drug-likeness (QED) is 0.216. The van der Waals surface area contributed by atoms with E-state index >= 15 is 4.39 Å². The minimum Gasteiger partial charge on any atom is -0.383 e. The predicted octanol–water partition coefficient (Wildman–Crippen LogP) is 5.23. The Kier molecular flexibility index (Phi) is 7.14. The lowest BCUT2D eigenvalue weighted by molar-refractivity contribution is -0.149. The summed E-state index contributed by atoms with van der Waals surface area (Å²) in [5.74, 6) is -1.20. The highest BCUT2D eigenvalue weighted by molar-refractivity contribution is 6.36. The zero-order valence-corrected chi connectivity index (χ0v) is 24.5. The number of hydrogen-bond acceptors (Lipinski definition) is 5. The third kappa shape index (κ3) is 4.59. The van der Waals surface area contributed by atoms with Crippen LogP contribution in [-0.4, -0.2) is 70.0 Å². The second-order valence-electron chi connectivity index (χ2n) is 11.4. The van der Waals surface area contributed by atoms with Gasteiger partial charge in [-0.2, -0.15) is 10.2 Å². The molecule has 2 aliphatic rings. The first-order valence-electron chi connectivity index (χ1n) is 13.9. The van der Waals surface area contributed by atoms with E-state index in [0.29, 0.717) is 36.0 Å². The normalized spacial score (nSPS) is 16.0. The number of fused-ring (bicyclic) bond motifs is 1. The number of aryl methyl sites for hydroxylation is 1. The molecule has 2 aromatic heterocycles. The topological polar surface area (TPSA) is 105 Å². The molecule has 4 aromatic rings. The molecule has 0 atom stereocenters. The Morgan fingerprint density at radius 3 is 2.71 bits per heavy atom. The number of hydrogen-bond donors (Lipinski definition) is 2. The SMILES string of the molecule is C=CC(=O)N1CC2(CC(n3nc(-c4ccc(C(=O)NCCOC)c(F)c4)c(-c4c(Cl)c(C)cc5[nH]ncc45)c3C)C2)C1. The van der Waals surface area contributed by atoms with Crippen LogP contribution in [0.2, 0.25) is 5.02 Å². The van der Waals surface area contributed by atoms with E-state index in [2.05, 4.69) is 22.1 Å². The molecule has 6 rings (SSSR count). The summed E-state index contributed by atoms with van der Waals surface area (Å²) < 4.78 is 22.4. The van der Waals surface area contributed by atoms with E-state index in [-0.39, 0.29) is 29.5 Å². The van der Waals surface area contributed by atoms with Gasteiger partial charge in [-0.15, -0.1) is 0 Å². The molecule has 42 heavy (non-hydrogen) atoms. The zero-order valence-electron chi connectivity index (χ0n) is 23.8. The summed E-state index contributed by atoms with van der Waals surface area (Å²) in [4.78, 5) is 26.4. The predicted molar refractivity (Wildman–Crippen MR) is 159 cm³/mol. The summed E-state index contributed by atoms with van der Waals surface area (Å²) in [6.07, 6.45) is 4.86. The first kappa shape index (κ1) is 28.1. The van der Waals surface area contributed by atoms with Crippen LogP contribution in [0.3, 0.4) is 0 Å². The van der Waals surface area contributed by atoms with Gasteiger partial charge in [-0.3, -0.25) is 19.4 Å². The molecular weight excluding hydrogens is 559 g/mol. The lowest BCUT2D eigenvalue weighted by atomic mass is 9.60. The Bertz CT molecular complexity index is 1730. The van der Waals surface area contributed by atoms with Crippen molar-refractivity contribution >= 4 is 34.3 Å². The number of nitrogens with zero attached hydrogens (tertiary/aromatic N) is 4. The van der Waals surface area contributed by atoms with Crippen LogP contribution in [0.5, 0.6) is 0 Å². The molecule has 218 valence electrons. The molecule has 0 bridgehead atoms. The van der Waals surface area contributed by atoms with Crippen molar-refractivity contribution in [3.63, 3.8) is 0 Å². The van der Waals surface area contributed by atoms with E-state index in [9.17, 15) is 9.59 Å². The van der Waals surface area contributed by atoms with Gasteiger partial charge >= 0.3 is 0 Å². The number of H-pyrrole nitrogens is 1. The summed E-state index contributed by atoms with van der Waals surface area (Å²) >= 11 is 6.97. The number of carbonyl (C=O) groups is 2. The Morgan fingerprint density at radius 1 is 1.26 bits per heavy atom. The molecule has 2 aromatic carbocycles. The third-order valence-corrected chi connectivity index (χ3v) is 9.05. The molecule has 2 fully saturated rings. The molecule has 1 spiro atoms. The number of ether oxygens (including phenoxy) is 1. The van der Waals surface area contributed by atoms with Crippen LogP contribution in [0.25, 0.3) is 33.3 Å². The van der Waals surface area contributed by atoms with Crippen molar-refractivity contribution in [2.45, 2.75) is 32.7 Å². The van der Waals surface area contributed by atoms with Gasteiger partial charge in [0.1, 0.15) is 11.5 Å². The van der Waals surface area contributed by atoms with Gasteiger partial charge in [0.15, 0.2) is 0 Å². The van der Waals surface area contributed by atoms with Gasteiger partial charge in [0, 0.05) is 59.9 Å². The van der Waals surface area contributed by atoms with Gasteiger partial charge in [-0.25, -0.2) is 4.39 Å². The van der Waals surface area contributed by atoms with Gasteiger partial charge in [0.05, 0.1) is 34.9 Å². The van der Waals surface area contributed by atoms with Crippen LogP contribution in [0, 0.1) is 25.1 Å². The highest BCUT2D eigenvalue weighted by atomic mass is 35.5. The molecular formula is C31H32ClFN6O3. The molecule has 0 unspecified atom stereocenters. The van der Waals surface area contributed by atoms with Crippen LogP contribution < -0.4 is 5.32 Å². The number of rotatable bonds is 8. The summed E-state index contributed by atoms with van der Waals surface area (Å²) in [5.41, 5.74) is 5.33. The Balaban J connectivity index is 1.41. The summed E-state index contributed by atoms with van der Waals surface area (Å²) in [6, 6.07) is 6.62. The van der Waals surface area contributed by atoms with Gasteiger partial charge < -0.3 is 15.0 Å². The number of methoxy groups -OCH3 is 1. The number of halogens is 2. The molecule has 2 amide bonds. The van der Waals surface area contributed by atoms with Gasteiger partial charge in [0.2, 0.25) is 5.91 Å². The maximum Gasteiger partial charge on any atom is 0.254 e. The number of amides is 2. The van der Waals surface area contributed by atoms with Crippen molar-refractivity contribution in [3.05, 3.63) is 70.8 Å². The highest BCUT2D eigenvalue weighted by Gasteiger charge is 2.54. The lowest BCUT2D eigenvalue weighted by Gasteiger charge is -2.58. The Morgan fingerprint density at radius 2 is 2.02 bits per heavy atom. The maximum atomic E-state index is 15.4. The number of benzene rings is 2. The highest BCUT2D eigenvalue weighted by Crippen LogP contribution is 2.55. The third-order valence-electron chi connectivity index (χ3n) is 8.57. The van der Waals surface area contributed by atoms with E-state index in [1.807, 2.05) is 29.5 Å². The minimum atomic E-state index is -0.645. The summed E-state index contributed by atoms with van der Waals surface area (Å²) in [6.45, 7) is 9.57. The first-order chi connectivity index (χ1) is 20.2. The van der Waals surface area contributed by atoms with Crippen molar-refractivity contribution in [1.82, 2.24) is 30.2 Å². The lowest BCUT2D eigenvalue weighted by Crippen LogP contribution is -2.63. The molecule has 1 saturated carbocycles. The average molecular weight is 591 g/mol. The van der Waals surface area contributed by atoms with Crippen LogP contribution in [0.15, 0.2) is 43.1 Å². The molecule has 3 heterocycles. The summed E-state index contributed by atoms with van der Waals surface area (Å²) in [5, 5.41) is 16.4. The van der Waals surface area contributed by atoms with Gasteiger partial charge in [0.25, 0.3) is 5.91 Å². The van der Waals surface area contributed by atoms with Crippen LogP contribution >= 0.6 is 11.6 Å². The number of carbonyl (C=O) groups excluding carboxylic acids is 2. The maximum absolute atomic E-state index is 15.4. The fraction of sp³-hybridized carbons (Fsp3) is 0.355. The first-order valence-corrected chi connectivity index (χ1v) is 14.2. The smallest absolute Gasteiger partial charge is 0.254 e. The van der Waals surface area contributed by atoms with Crippen molar-refractivity contribution < 1.29 is 18.7 Å². The molecule has 0 radical (unpaired) electrons. The Hall–Kier alpha value is -4.02. The van der Waals surface area contributed by atoms with Crippen LogP contribution in [-0.2, 0) is 9.53 Å². The minimum absolute atomic E-state index is 0.0417. The van der Waals surface area contributed by atoms with E-state index in [0.717, 1.165) is 46.1 Å².